The summed E-state index contributed by atoms with van der Waals surface area (Å²) in [5, 5.41) is 0. The van der Waals surface area contributed by atoms with E-state index in [1.165, 1.54) is 42.8 Å². The molecule has 0 bridgehead atoms. The van der Waals surface area contributed by atoms with Crippen molar-refractivity contribution in [3.8, 4) is 0 Å². The SMILES string of the molecule is CC(CC1CCC(CSc2ccc(Br)cc2)CC1)[C@@H](C)C(=O)C1CC1. The van der Waals surface area contributed by atoms with Crippen LogP contribution in [-0.4, -0.2) is 11.5 Å². The lowest BCUT2D eigenvalue weighted by atomic mass is 9.75. The fraction of sp³-hybridized carbons (Fsp3) is 0.682. The average molecular weight is 423 g/mol. The van der Waals surface area contributed by atoms with E-state index in [2.05, 4.69) is 54.0 Å². The minimum Gasteiger partial charge on any atom is -0.299 e. The molecule has 3 heteroatoms. The van der Waals surface area contributed by atoms with Crippen LogP contribution in [0.4, 0.5) is 0 Å². The number of thioether (sulfide) groups is 1. The first kappa shape index (κ1) is 19.5. The predicted molar refractivity (Wildman–Crippen MR) is 111 cm³/mol. The number of carbonyl (C=O) groups is 1. The molecule has 0 heterocycles. The van der Waals surface area contributed by atoms with E-state index in [0.29, 0.717) is 17.6 Å². The Labute approximate surface area is 165 Å². The Hall–Kier alpha value is -0.280. The van der Waals surface area contributed by atoms with E-state index in [-0.39, 0.29) is 5.92 Å². The average Bonchev–Trinajstić information content (AvgIpc) is 3.46. The number of ketones is 1. The van der Waals surface area contributed by atoms with Crippen LogP contribution in [0.25, 0.3) is 0 Å². The number of benzene rings is 1. The third kappa shape index (κ3) is 5.85. The van der Waals surface area contributed by atoms with E-state index in [1.807, 2.05) is 11.8 Å². The molecule has 25 heavy (non-hydrogen) atoms. The van der Waals surface area contributed by atoms with Crippen LogP contribution in [0.2, 0.25) is 0 Å². The summed E-state index contributed by atoms with van der Waals surface area (Å²) in [6.07, 6.45) is 9.01. The van der Waals surface area contributed by atoms with Gasteiger partial charge in [-0.2, -0.15) is 0 Å². The minimum atomic E-state index is 0.276. The maximum atomic E-state index is 12.3. The molecule has 0 spiro atoms. The summed E-state index contributed by atoms with van der Waals surface area (Å²) in [4.78, 5) is 13.7. The summed E-state index contributed by atoms with van der Waals surface area (Å²) < 4.78 is 1.15. The van der Waals surface area contributed by atoms with E-state index in [9.17, 15) is 4.79 Å². The first-order chi connectivity index (χ1) is 12.0. The second-order valence-corrected chi connectivity index (χ2v) is 10.3. The first-order valence-corrected chi connectivity index (χ1v) is 11.7. The normalized spacial score (nSPS) is 26.2. The molecule has 0 N–H and O–H groups in total. The largest absolute Gasteiger partial charge is 0.299 e. The second-order valence-electron chi connectivity index (χ2n) is 8.33. The highest BCUT2D eigenvalue weighted by Crippen LogP contribution is 2.39. The Bertz CT molecular complexity index is 558. The Kier molecular flexibility index (Phi) is 7.08. The van der Waals surface area contributed by atoms with Gasteiger partial charge < -0.3 is 0 Å². The van der Waals surface area contributed by atoms with E-state index < -0.39 is 0 Å². The number of carbonyl (C=O) groups excluding carboxylic acids is 1. The summed E-state index contributed by atoms with van der Waals surface area (Å²) in [6.45, 7) is 4.48. The van der Waals surface area contributed by atoms with Crippen LogP contribution in [0.5, 0.6) is 0 Å². The lowest BCUT2D eigenvalue weighted by Gasteiger charge is -2.31. The Morgan fingerprint density at radius 1 is 1.04 bits per heavy atom. The minimum absolute atomic E-state index is 0.276. The van der Waals surface area contributed by atoms with Crippen molar-refractivity contribution in [2.75, 3.05) is 5.75 Å². The van der Waals surface area contributed by atoms with E-state index in [4.69, 9.17) is 0 Å². The molecule has 2 saturated carbocycles. The van der Waals surface area contributed by atoms with Crippen LogP contribution in [0.1, 0.15) is 58.8 Å². The predicted octanol–water partition coefficient (Wildman–Crippen LogP) is 6.99. The van der Waals surface area contributed by atoms with Gasteiger partial charge in [-0.05, 0) is 74.1 Å². The van der Waals surface area contributed by atoms with Crippen molar-refractivity contribution in [1.82, 2.24) is 0 Å². The van der Waals surface area contributed by atoms with Crippen molar-refractivity contribution < 1.29 is 4.79 Å². The van der Waals surface area contributed by atoms with Crippen LogP contribution in [0, 0.1) is 29.6 Å². The van der Waals surface area contributed by atoms with Gasteiger partial charge in [0.2, 0.25) is 0 Å². The van der Waals surface area contributed by atoms with Gasteiger partial charge >= 0.3 is 0 Å². The molecule has 2 fully saturated rings. The van der Waals surface area contributed by atoms with Gasteiger partial charge in [0.1, 0.15) is 5.78 Å². The fourth-order valence-electron chi connectivity index (χ4n) is 4.13. The standard InChI is InChI=1S/C22H31BrOS/c1-15(16(2)22(24)19-7-8-19)13-17-3-5-18(6-4-17)14-25-21-11-9-20(23)10-12-21/h9-12,15-19H,3-8,13-14H2,1-2H3/t15?,16-,17?,18?/m1/s1. The highest BCUT2D eigenvalue weighted by Gasteiger charge is 2.35. The van der Waals surface area contributed by atoms with Crippen LogP contribution in [0.15, 0.2) is 33.6 Å². The molecule has 1 unspecified atom stereocenters. The molecular formula is C22H31BrOS. The van der Waals surface area contributed by atoms with Crippen LogP contribution in [0.3, 0.4) is 0 Å². The summed E-state index contributed by atoms with van der Waals surface area (Å²) in [6, 6.07) is 8.68. The molecule has 0 amide bonds. The second kappa shape index (κ2) is 9.08. The molecule has 1 nitrogen and oxygen atoms in total. The molecule has 3 rings (SSSR count). The van der Waals surface area contributed by atoms with Crippen LogP contribution >= 0.6 is 27.7 Å². The maximum Gasteiger partial charge on any atom is 0.139 e. The van der Waals surface area contributed by atoms with E-state index in [0.717, 1.165) is 29.2 Å². The topological polar surface area (TPSA) is 17.1 Å². The van der Waals surface area contributed by atoms with Crippen molar-refractivity contribution in [3.63, 3.8) is 0 Å². The van der Waals surface area contributed by atoms with Crippen molar-refractivity contribution in [3.05, 3.63) is 28.7 Å². The molecule has 0 radical (unpaired) electrons. The summed E-state index contributed by atoms with van der Waals surface area (Å²) >= 11 is 5.50. The van der Waals surface area contributed by atoms with Gasteiger partial charge in [0.05, 0.1) is 0 Å². The number of rotatable bonds is 8. The number of hydrogen-bond donors (Lipinski definition) is 0. The molecule has 2 aliphatic rings. The monoisotopic (exact) mass is 422 g/mol. The maximum absolute atomic E-state index is 12.3. The molecule has 0 aromatic heterocycles. The molecule has 2 atom stereocenters. The molecule has 1 aromatic rings. The highest BCUT2D eigenvalue weighted by molar-refractivity contribution is 9.10. The third-order valence-corrected chi connectivity index (χ3v) is 8.03. The van der Waals surface area contributed by atoms with Gasteiger partial charge in [0.25, 0.3) is 0 Å². The summed E-state index contributed by atoms with van der Waals surface area (Å²) in [7, 11) is 0. The van der Waals surface area contributed by atoms with Gasteiger partial charge in [-0.25, -0.2) is 0 Å². The van der Waals surface area contributed by atoms with Gasteiger partial charge in [-0.15, -0.1) is 11.8 Å². The third-order valence-electron chi connectivity index (χ3n) is 6.25. The summed E-state index contributed by atoms with van der Waals surface area (Å²) in [5.74, 6) is 4.77. The molecule has 1 aromatic carbocycles. The van der Waals surface area contributed by atoms with Crippen LogP contribution in [-0.2, 0) is 4.79 Å². The highest BCUT2D eigenvalue weighted by atomic mass is 79.9. The Balaban J connectivity index is 1.36. The fourth-order valence-corrected chi connectivity index (χ4v) is 5.48. The molecule has 0 aliphatic heterocycles. The smallest absolute Gasteiger partial charge is 0.139 e. The van der Waals surface area contributed by atoms with E-state index >= 15 is 0 Å². The number of Topliss-reactive ketones (excluding diaryl/α,β-unsaturated/α-hetero) is 1. The first-order valence-electron chi connectivity index (χ1n) is 9.95. The van der Waals surface area contributed by atoms with Crippen molar-refractivity contribution in [2.45, 2.75) is 63.7 Å². The number of halogens is 1. The lowest BCUT2D eigenvalue weighted by molar-refractivity contribution is -0.125. The molecular weight excluding hydrogens is 392 g/mol. The zero-order valence-electron chi connectivity index (χ0n) is 15.5. The quantitative estimate of drug-likeness (QED) is 0.419. The van der Waals surface area contributed by atoms with Crippen molar-refractivity contribution >= 4 is 33.5 Å². The van der Waals surface area contributed by atoms with Crippen LogP contribution < -0.4 is 0 Å². The van der Waals surface area contributed by atoms with Gasteiger partial charge in [-0.3, -0.25) is 4.79 Å². The zero-order chi connectivity index (χ0) is 17.8. The van der Waals surface area contributed by atoms with Gasteiger partial charge in [0, 0.05) is 27.0 Å². The van der Waals surface area contributed by atoms with Gasteiger partial charge in [-0.1, -0.05) is 42.6 Å². The number of hydrogen-bond acceptors (Lipinski definition) is 2. The molecule has 2 aliphatic carbocycles. The molecule has 0 saturated heterocycles. The summed E-state index contributed by atoms with van der Waals surface area (Å²) in [5.41, 5.74) is 0. The van der Waals surface area contributed by atoms with Gasteiger partial charge in [0.15, 0.2) is 0 Å². The Morgan fingerprint density at radius 2 is 1.64 bits per heavy atom. The molecule has 138 valence electrons. The zero-order valence-corrected chi connectivity index (χ0v) is 17.9. The van der Waals surface area contributed by atoms with E-state index in [1.54, 1.807) is 0 Å². The van der Waals surface area contributed by atoms with Crippen molar-refractivity contribution in [1.29, 1.82) is 0 Å². The Morgan fingerprint density at radius 3 is 2.24 bits per heavy atom. The van der Waals surface area contributed by atoms with Crippen molar-refractivity contribution in [2.24, 2.45) is 29.6 Å². The lowest BCUT2D eigenvalue weighted by Crippen LogP contribution is -2.24.